The molecular formula is C13H15N3O4S. The first-order valence-electron chi connectivity index (χ1n) is 6.18. The Balaban J connectivity index is 2.27. The molecule has 0 amide bonds. The lowest BCUT2D eigenvalue weighted by Gasteiger charge is -2.12. The third kappa shape index (κ3) is 3.89. The highest BCUT2D eigenvalue weighted by Gasteiger charge is 2.14. The van der Waals surface area contributed by atoms with Crippen molar-refractivity contribution in [2.75, 3.05) is 24.7 Å². The molecule has 0 fully saturated rings. The summed E-state index contributed by atoms with van der Waals surface area (Å²) in [6, 6.07) is 7.14. The van der Waals surface area contributed by atoms with Crippen molar-refractivity contribution < 1.29 is 18.3 Å². The number of aromatic nitrogens is 1. The second-order valence-corrected chi connectivity index (χ2v) is 6.30. The Kier molecular flexibility index (Phi) is 4.39. The Morgan fingerprint density at radius 1 is 1.29 bits per heavy atom. The molecule has 0 bridgehead atoms. The molecule has 1 aromatic heterocycles. The molecule has 0 saturated heterocycles. The molecule has 7 nitrogen and oxygen atoms in total. The van der Waals surface area contributed by atoms with Crippen LogP contribution in [0.4, 0.5) is 5.69 Å². The van der Waals surface area contributed by atoms with Gasteiger partial charge in [0, 0.05) is 24.7 Å². The number of carboxylic acid groups (broad SMARTS) is 1. The summed E-state index contributed by atoms with van der Waals surface area (Å²) < 4.78 is 24.3. The molecule has 1 heterocycles. The zero-order valence-electron chi connectivity index (χ0n) is 11.3. The number of aromatic carboxylic acids is 1. The number of rotatable bonds is 6. The molecule has 21 heavy (non-hydrogen) atoms. The summed E-state index contributed by atoms with van der Waals surface area (Å²) >= 11 is 0. The van der Waals surface area contributed by atoms with Crippen LogP contribution in [0.1, 0.15) is 10.4 Å². The Hall–Kier alpha value is -2.19. The van der Waals surface area contributed by atoms with Crippen molar-refractivity contribution in [3.63, 3.8) is 0 Å². The van der Waals surface area contributed by atoms with Gasteiger partial charge in [0.2, 0.25) is 10.0 Å². The van der Waals surface area contributed by atoms with Crippen LogP contribution in [-0.4, -0.2) is 43.8 Å². The molecule has 0 spiro atoms. The second kappa shape index (κ2) is 6.06. The van der Waals surface area contributed by atoms with E-state index in [0.29, 0.717) is 16.6 Å². The van der Waals surface area contributed by atoms with Crippen LogP contribution < -0.4 is 10.0 Å². The van der Waals surface area contributed by atoms with Crippen LogP contribution in [0.5, 0.6) is 0 Å². The van der Waals surface area contributed by atoms with Crippen LogP contribution in [0.25, 0.3) is 10.9 Å². The molecule has 0 aliphatic rings. The highest BCUT2D eigenvalue weighted by atomic mass is 32.2. The number of nitrogens with zero attached hydrogens (tertiary/aromatic N) is 1. The SMILES string of the molecule is CS(=O)(=O)NCCNc1c(C(=O)O)cnc2ccccc12. The van der Waals surface area contributed by atoms with Crippen LogP contribution in [-0.2, 0) is 10.0 Å². The van der Waals surface area contributed by atoms with E-state index in [1.54, 1.807) is 18.2 Å². The lowest BCUT2D eigenvalue weighted by atomic mass is 10.1. The van der Waals surface area contributed by atoms with Gasteiger partial charge in [0.25, 0.3) is 0 Å². The highest BCUT2D eigenvalue weighted by molar-refractivity contribution is 7.88. The topological polar surface area (TPSA) is 108 Å². The minimum absolute atomic E-state index is 0.0491. The second-order valence-electron chi connectivity index (χ2n) is 4.46. The van der Waals surface area contributed by atoms with E-state index in [1.165, 1.54) is 6.20 Å². The molecular weight excluding hydrogens is 294 g/mol. The predicted octanol–water partition coefficient (Wildman–Crippen LogP) is 0.894. The van der Waals surface area contributed by atoms with E-state index in [9.17, 15) is 18.3 Å². The van der Waals surface area contributed by atoms with Gasteiger partial charge >= 0.3 is 5.97 Å². The average molecular weight is 309 g/mol. The molecule has 8 heteroatoms. The number of sulfonamides is 1. The van der Waals surface area contributed by atoms with E-state index >= 15 is 0 Å². The first-order chi connectivity index (χ1) is 9.88. The minimum Gasteiger partial charge on any atom is -0.478 e. The van der Waals surface area contributed by atoms with Crippen molar-refractivity contribution in [2.45, 2.75) is 0 Å². The Bertz CT molecular complexity index is 774. The van der Waals surface area contributed by atoms with Crippen molar-refractivity contribution in [1.82, 2.24) is 9.71 Å². The van der Waals surface area contributed by atoms with Crippen LogP contribution in [0, 0.1) is 0 Å². The molecule has 0 radical (unpaired) electrons. The Morgan fingerprint density at radius 3 is 2.67 bits per heavy atom. The number of pyridine rings is 1. The number of carbonyl (C=O) groups is 1. The molecule has 112 valence electrons. The summed E-state index contributed by atoms with van der Waals surface area (Å²) in [5, 5.41) is 12.9. The molecule has 0 atom stereocenters. The third-order valence-electron chi connectivity index (χ3n) is 2.80. The van der Waals surface area contributed by atoms with E-state index in [2.05, 4.69) is 15.0 Å². The van der Waals surface area contributed by atoms with Gasteiger partial charge in [-0.15, -0.1) is 0 Å². The largest absolute Gasteiger partial charge is 0.478 e. The van der Waals surface area contributed by atoms with Crippen molar-refractivity contribution in [1.29, 1.82) is 0 Å². The van der Waals surface area contributed by atoms with Crippen LogP contribution >= 0.6 is 0 Å². The van der Waals surface area contributed by atoms with Gasteiger partial charge in [-0.25, -0.2) is 17.9 Å². The summed E-state index contributed by atoms with van der Waals surface area (Å²) in [5.74, 6) is -1.09. The number of benzene rings is 1. The van der Waals surface area contributed by atoms with Crippen LogP contribution in [0.2, 0.25) is 0 Å². The van der Waals surface area contributed by atoms with Gasteiger partial charge in [-0.3, -0.25) is 4.98 Å². The quantitative estimate of drug-likeness (QED) is 0.684. The molecule has 0 aliphatic heterocycles. The maximum atomic E-state index is 11.3. The molecule has 1 aromatic carbocycles. The van der Waals surface area contributed by atoms with Crippen molar-refractivity contribution in [2.24, 2.45) is 0 Å². The van der Waals surface area contributed by atoms with Crippen molar-refractivity contribution >= 4 is 32.6 Å². The number of hydrogen-bond donors (Lipinski definition) is 3. The summed E-state index contributed by atoms with van der Waals surface area (Å²) in [7, 11) is -3.27. The van der Waals surface area contributed by atoms with Gasteiger partial charge in [0.15, 0.2) is 0 Å². The van der Waals surface area contributed by atoms with Gasteiger partial charge in [0.1, 0.15) is 5.56 Å². The van der Waals surface area contributed by atoms with Gasteiger partial charge in [-0.2, -0.15) is 0 Å². The first-order valence-corrected chi connectivity index (χ1v) is 8.07. The average Bonchev–Trinajstić information content (AvgIpc) is 2.42. The maximum Gasteiger partial charge on any atom is 0.339 e. The van der Waals surface area contributed by atoms with Gasteiger partial charge in [-0.05, 0) is 6.07 Å². The number of nitrogens with one attached hydrogen (secondary N) is 2. The molecule has 0 unspecified atom stereocenters. The molecule has 2 rings (SSSR count). The number of hydrogen-bond acceptors (Lipinski definition) is 5. The van der Waals surface area contributed by atoms with E-state index in [-0.39, 0.29) is 18.7 Å². The van der Waals surface area contributed by atoms with Gasteiger partial charge in [0.05, 0.1) is 17.5 Å². The minimum atomic E-state index is -3.27. The van der Waals surface area contributed by atoms with Crippen molar-refractivity contribution in [3.8, 4) is 0 Å². The lowest BCUT2D eigenvalue weighted by Crippen LogP contribution is -2.28. The number of para-hydroxylation sites is 1. The Morgan fingerprint density at radius 2 is 2.00 bits per heavy atom. The number of fused-ring (bicyclic) bond motifs is 1. The maximum absolute atomic E-state index is 11.3. The standard InChI is InChI=1S/C13H15N3O4S/c1-21(19,20)16-7-6-14-12-9-4-2-3-5-11(9)15-8-10(12)13(17)18/h2-5,8,16H,6-7H2,1H3,(H,14,15)(H,17,18). The van der Waals surface area contributed by atoms with E-state index in [0.717, 1.165) is 6.26 Å². The fraction of sp³-hybridized carbons (Fsp3) is 0.231. The fourth-order valence-corrected chi connectivity index (χ4v) is 2.39. The molecule has 0 saturated carbocycles. The van der Waals surface area contributed by atoms with E-state index in [1.807, 2.05) is 6.07 Å². The highest BCUT2D eigenvalue weighted by Crippen LogP contribution is 2.25. The summed E-state index contributed by atoms with van der Waals surface area (Å²) in [6.07, 6.45) is 2.36. The summed E-state index contributed by atoms with van der Waals surface area (Å²) in [6.45, 7) is 0.426. The zero-order valence-corrected chi connectivity index (χ0v) is 12.1. The van der Waals surface area contributed by atoms with Crippen LogP contribution in [0.3, 0.4) is 0 Å². The van der Waals surface area contributed by atoms with E-state index < -0.39 is 16.0 Å². The Labute approximate surface area is 122 Å². The van der Waals surface area contributed by atoms with Gasteiger partial charge < -0.3 is 10.4 Å². The summed E-state index contributed by atoms with van der Waals surface area (Å²) in [4.78, 5) is 15.4. The number of carboxylic acids is 1. The normalized spacial score (nSPS) is 11.5. The first kappa shape index (κ1) is 15.2. The number of anilines is 1. The van der Waals surface area contributed by atoms with Crippen LogP contribution in [0.15, 0.2) is 30.5 Å². The molecule has 0 aliphatic carbocycles. The van der Waals surface area contributed by atoms with Crippen molar-refractivity contribution in [3.05, 3.63) is 36.0 Å². The van der Waals surface area contributed by atoms with Gasteiger partial charge in [-0.1, -0.05) is 18.2 Å². The predicted molar refractivity (Wildman–Crippen MR) is 80.0 cm³/mol. The fourth-order valence-electron chi connectivity index (χ4n) is 1.92. The zero-order chi connectivity index (χ0) is 15.5. The lowest BCUT2D eigenvalue weighted by molar-refractivity contribution is 0.0697. The van der Waals surface area contributed by atoms with E-state index in [4.69, 9.17) is 0 Å². The molecule has 2 aromatic rings. The monoisotopic (exact) mass is 309 g/mol. The summed E-state index contributed by atoms with van der Waals surface area (Å²) in [5.41, 5.74) is 1.15. The molecule has 3 N–H and O–H groups in total. The third-order valence-corrected chi connectivity index (χ3v) is 3.53. The smallest absolute Gasteiger partial charge is 0.339 e.